The van der Waals surface area contributed by atoms with Crippen LogP contribution >= 0.6 is 0 Å². The Hall–Kier alpha value is -1.56. The molecule has 1 fully saturated rings. The van der Waals surface area contributed by atoms with E-state index in [4.69, 9.17) is 11.6 Å². The first-order valence-corrected chi connectivity index (χ1v) is 6.09. The predicted octanol–water partition coefficient (Wildman–Crippen LogP) is 0.971. The summed E-state index contributed by atoms with van der Waals surface area (Å²) in [4.78, 5) is 10.5. The minimum absolute atomic E-state index is 0.259. The second-order valence-electron chi connectivity index (χ2n) is 4.50. The summed E-state index contributed by atoms with van der Waals surface area (Å²) in [5, 5.41) is 0. The summed E-state index contributed by atoms with van der Waals surface area (Å²) in [6.45, 7) is 4.31. The lowest BCUT2D eigenvalue weighted by Gasteiger charge is -2.18. The maximum absolute atomic E-state index is 5.65. The van der Waals surface area contributed by atoms with Crippen molar-refractivity contribution in [1.29, 1.82) is 0 Å². The maximum atomic E-state index is 5.65. The number of hydrogen-bond acceptors (Lipinski definition) is 6. The van der Waals surface area contributed by atoms with Gasteiger partial charge in [0.05, 0.1) is 0 Å². The molecule has 0 radical (unpaired) electrons. The Morgan fingerprint density at radius 3 is 3.06 bits per heavy atom. The molecule has 17 heavy (non-hydrogen) atoms. The lowest BCUT2D eigenvalue weighted by atomic mass is 10.0. The van der Waals surface area contributed by atoms with Gasteiger partial charge in [-0.05, 0) is 18.8 Å². The summed E-state index contributed by atoms with van der Waals surface area (Å²) in [7, 11) is 0. The van der Waals surface area contributed by atoms with Crippen LogP contribution in [0.3, 0.4) is 0 Å². The third kappa shape index (κ3) is 2.76. The average Bonchev–Trinajstić information content (AvgIpc) is 2.77. The molecule has 1 saturated heterocycles. The molecule has 0 aromatic carbocycles. The number of nitrogen functional groups attached to an aromatic ring is 2. The van der Waals surface area contributed by atoms with Crippen LogP contribution in [0.15, 0.2) is 6.07 Å². The van der Waals surface area contributed by atoms with Crippen LogP contribution in [-0.4, -0.2) is 23.1 Å². The molecule has 1 unspecified atom stereocenters. The molecular weight excluding hydrogens is 216 g/mol. The van der Waals surface area contributed by atoms with Crippen LogP contribution in [0.1, 0.15) is 26.2 Å². The predicted molar refractivity (Wildman–Crippen MR) is 69.5 cm³/mol. The Morgan fingerprint density at radius 1 is 1.53 bits per heavy atom. The van der Waals surface area contributed by atoms with E-state index in [1.165, 1.54) is 19.3 Å². The lowest BCUT2D eigenvalue weighted by molar-refractivity contribution is 0.529. The number of nitrogens with two attached hydrogens (primary N) is 2. The van der Waals surface area contributed by atoms with Crippen molar-refractivity contribution in [1.82, 2.24) is 9.97 Å². The van der Waals surface area contributed by atoms with Gasteiger partial charge in [0.15, 0.2) is 0 Å². The van der Waals surface area contributed by atoms with E-state index in [1.54, 1.807) is 0 Å². The number of hydrazine groups is 1. The third-order valence-corrected chi connectivity index (χ3v) is 3.18. The Labute approximate surface area is 101 Å². The van der Waals surface area contributed by atoms with Crippen LogP contribution in [0.5, 0.6) is 0 Å². The molecule has 0 spiro atoms. The highest BCUT2D eigenvalue weighted by Crippen LogP contribution is 2.26. The molecule has 5 N–H and O–H groups in total. The highest BCUT2D eigenvalue weighted by atomic mass is 15.3. The molecule has 1 aromatic rings. The lowest BCUT2D eigenvalue weighted by Crippen LogP contribution is -2.22. The van der Waals surface area contributed by atoms with E-state index in [0.29, 0.717) is 5.82 Å². The largest absolute Gasteiger partial charge is 0.368 e. The van der Waals surface area contributed by atoms with Crippen LogP contribution < -0.4 is 21.9 Å². The van der Waals surface area contributed by atoms with E-state index in [9.17, 15) is 0 Å². The van der Waals surface area contributed by atoms with E-state index in [1.807, 2.05) is 6.07 Å². The van der Waals surface area contributed by atoms with Crippen LogP contribution in [-0.2, 0) is 0 Å². The topological polar surface area (TPSA) is 93.1 Å². The van der Waals surface area contributed by atoms with Crippen molar-refractivity contribution in [2.24, 2.45) is 11.8 Å². The molecular formula is C11H20N6. The van der Waals surface area contributed by atoms with Crippen LogP contribution in [0.4, 0.5) is 17.6 Å². The Morgan fingerprint density at radius 2 is 2.35 bits per heavy atom. The standard InChI is InChI=1S/C11H20N6/c1-2-3-8-4-5-17(7-8)10-6-9(16-13)14-11(12)15-10/h6,8H,2-5,7,13H2,1H3,(H3,12,14,15,16). The fraction of sp³-hybridized carbons (Fsp3) is 0.636. The van der Waals surface area contributed by atoms with Gasteiger partial charge in [0.2, 0.25) is 5.95 Å². The normalized spacial score (nSPS) is 19.6. The zero-order chi connectivity index (χ0) is 12.3. The minimum Gasteiger partial charge on any atom is -0.368 e. The Balaban J connectivity index is 2.10. The molecule has 0 saturated carbocycles. The van der Waals surface area contributed by atoms with E-state index in [0.717, 1.165) is 24.8 Å². The van der Waals surface area contributed by atoms with Crippen LogP contribution in [0, 0.1) is 5.92 Å². The quantitative estimate of drug-likeness (QED) is 0.533. The second kappa shape index (κ2) is 5.18. The highest BCUT2D eigenvalue weighted by Gasteiger charge is 2.23. The SMILES string of the molecule is CCCC1CCN(c2cc(NN)nc(N)n2)C1. The summed E-state index contributed by atoms with van der Waals surface area (Å²) >= 11 is 0. The van der Waals surface area contributed by atoms with Gasteiger partial charge in [-0.1, -0.05) is 13.3 Å². The molecule has 0 bridgehead atoms. The van der Waals surface area contributed by atoms with Crippen LogP contribution in [0.25, 0.3) is 0 Å². The third-order valence-electron chi connectivity index (χ3n) is 3.18. The van der Waals surface area contributed by atoms with E-state index >= 15 is 0 Å². The number of aromatic nitrogens is 2. The number of anilines is 3. The smallest absolute Gasteiger partial charge is 0.223 e. The molecule has 94 valence electrons. The van der Waals surface area contributed by atoms with Crippen molar-refractivity contribution in [3.63, 3.8) is 0 Å². The minimum atomic E-state index is 0.259. The number of rotatable bonds is 4. The molecule has 1 aliphatic rings. The number of nitrogens with zero attached hydrogens (tertiary/aromatic N) is 3. The molecule has 0 amide bonds. The summed E-state index contributed by atoms with van der Waals surface area (Å²) in [6, 6.07) is 1.84. The van der Waals surface area contributed by atoms with Gasteiger partial charge in [-0.2, -0.15) is 9.97 Å². The van der Waals surface area contributed by atoms with Crippen LogP contribution in [0.2, 0.25) is 0 Å². The first kappa shape index (κ1) is 11.9. The number of hydrogen-bond donors (Lipinski definition) is 3. The van der Waals surface area contributed by atoms with Crippen molar-refractivity contribution < 1.29 is 0 Å². The second-order valence-corrected chi connectivity index (χ2v) is 4.50. The summed E-state index contributed by atoms with van der Waals surface area (Å²) in [5.41, 5.74) is 8.16. The molecule has 1 aromatic heterocycles. The Kier molecular flexibility index (Phi) is 3.63. The van der Waals surface area contributed by atoms with Gasteiger partial charge in [0.1, 0.15) is 11.6 Å². The van der Waals surface area contributed by atoms with Gasteiger partial charge in [-0.25, -0.2) is 5.84 Å². The van der Waals surface area contributed by atoms with Gasteiger partial charge < -0.3 is 16.1 Å². The van der Waals surface area contributed by atoms with E-state index in [2.05, 4.69) is 27.2 Å². The molecule has 6 nitrogen and oxygen atoms in total. The van der Waals surface area contributed by atoms with Crippen molar-refractivity contribution in [3.05, 3.63) is 6.07 Å². The molecule has 2 heterocycles. The molecule has 6 heteroatoms. The highest BCUT2D eigenvalue weighted by molar-refractivity contribution is 5.52. The molecule has 1 atom stereocenters. The maximum Gasteiger partial charge on any atom is 0.223 e. The van der Waals surface area contributed by atoms with Gasteiger partial charge in [0, 0.05) is 19.2 Å². The van der Waals surface area contributed by atoms with Gasteiger partial charge >= 0.3 is 0 Å². The first-order valence-electron chi connectivity index (χ1n) is 6.09. The number of nitrogens with one attached hydrogen (secondary N) is 1. The first-order chi connectivity index (χ1) is 8.22. The van der Waals surface area contributed by atoms with Gasteiger partial charge in [0.25, 0.3) is 0 Å². The van der Waals surface area contributed by atoms with Crippen molar-refractivity contribution in [2.45, 2.75) is 26.2 Å². The van der Waals surface area contributed by atoms with E-state index in [-0.39, 0.29) is 5.95 Å². The van der Waals surface area contributed by atoms with Crippen molar-refractivity contribution in [2.75, 3.05) is 29.1 Å². The fourth-order valence-electron chi connectivity index (χ4n) is 2.37. The van der Waals surface area contributed by atoms with Crippen molar-refractivity contribution in [3.8, 4) is 0 Å². The van der Waals surface area contributed by atoms with Crippen molar-refractivity contribution >= 4 is 17.6 Å². The summed E-state index contributed by atoms with van der Waals surface area (Å²) < 4.78 is 0. The summed E-state index contributed by atoms with van der Waals surface area (Å²) in [6.07, 6.45) is 3.74. The molecule has 2 rings (SSSR count). The van der Waals surface area contributed by atoms with Gasteiger partial charge in [-0.3, -0.25) is 0 Å². The summed E-state index contributed by atoms with van der Waals surface area (Å²) in [5.74, 6) is 7.80. The Bertz CT molecular complexity index is 380. The molecule has 1 aliphatic heterocycles. The van der Waals surface area contributed by atoms with E-state index < -0.39 is 0 Å². The average molecular weight is 236 g/mol. The zero-order valence-electron chi connectivity index (χ0n) is 10.2. The monoisotopic (exact) mass is 236 g/mol. The molecule has 0 aliphatic carbocycles. The van der Waals surface area contributed by atoms with Gasteiger partial charge in [-0.15, -0.1) is 0 Å². The fourth-order valence-corrected chi connectivity index (χ4v) is 2.37. The zero-order valence-corrected chi connectivity index (χ0v) is 10.2.